The second-order valence-electron chi connectivity index (χ2n) is 11.5. The average Bonchev–Trinajstić information content (AvgIpc) is 2.80. The smallest absolute Gasteiger partial charge is 0.0202 e. The van der Waals surface area contributed by atoms with Gasteiger partial charge >= 0.3 is 0 Å². The van der Waals surface area contributed by atoms with Crippen LogP contribution in [0.4, 0.5) is 0 Å². The van der Waals surface area contributed by atoms with Crippen molar-refractivity contribution in [1.82, 2.24) is 0 Å². The molecule has 0 heteroatoms. The third kappa shape index (κ3) is 13.5. The fourth-order valence-corrected chi connectivity index (χ4v) is 7.41. The van der Waals surface area contributed by atoms with Crippen LogP contribution in [0, 0.1) is 47.3 Å². The summed E-state index contributed by atoms with van der Waals surface area (Å²) < 4.78 is 0. The van der Waals surface area contributed by atoms with E-state index in [2.05, 4.69) is 67.5 Å². The standard InChI is InChI=1S/C16H32.C16H30.4CH4/c2*1-5-8-9-10-15-12-11-14(6-2)13(4)16(15)7-3;;;;/h13-16H,5-12H2,1-4H3;11-16H,5-10H2,1-4H3;4*1H4. The number of hydrogen-bond acceptors (Lipinski definition) is 0. The SMILES string of the molecule is C.C.C.C.CCCCCC1C=CC(CC)C(C)C1CC.CCCCCC1CCC(CC)C(C)C1CC. The Labute approximate surface area is 234 Å². The summed E-state index contributed by atoms with van der Waals surface area (Å²) in [5, 5.41) is 0. The minimum atomic E-state index is 0. The molecule has 0 saturated heterocycles. The van der Waals surface area contributed by atoms with Crippen LogP contribution < -0.4 is 0 Å². The molecule has 36 heavy (non-hydrogen) atoms. The molecule has 1 fully saturated rings. The van der Waals surface area contributed by atoms with E-state index in [9.17, 15) is 0 Å². The summed E-state index contributed by atoms with van der Waals surface area (Å²) in [6.07, 6.45) is 25.0. The topological polar surface area (TPSA) is 0 Å². The molecule has 0 heterocycles. The molecular formula is C36H78. The van der Waals surface area contributed by atoms with Gasteiger partial charge in [-0.1, -0.05) is 161 Å². The van der Waals surface area contributed by atoms with Gasteiger partial charge in [-0.05, 0) is 73.0 Å². The molecule has 2 aliphatic carbocycles. The second kappa shape index (κ2) is 25.0. The van der Waals surface area contributed by atoms with Crippen LogP contribution in [0.15, 0.2) is 12.2 Å². The van der Waals surface area contributed by atoms with Crippen molar-refractivity contribution in [2.75, 3.05) is 0 Å². The highest BCUT2D eigenvalue weighted by atomic mass is 14.4. The first-order valence-corrected chi connectivity index (χ1v) is 15.2. The molecule has 222 valence electrons. The van der Waals surface area contributed by atoms with Crippen LogP contribution in [0.5, 0.6) is 0 Å². The van der Waals surface area contributed by atoms with Gasteiger partial charge in [-0.2, -0.15) is 0 Å². The van der Waals surface area contributed by atoms with E-state index in [0.29, 0.717) is 0 Å². The molecule has 0 amide bonds. The molecule has 0 aliphatic heterocycles. The van der Waals surface area contributed by atoms with Gasteiger partial charge in [0.25, 0.3) is 0 Å². The highest BCUT2D eigenvalue weighted by molar-refractivity contribution is 5.03. The van der Waals surface area contributed by atoms with Gasteiger partial charge in [-0.15, -0.1) is 0 Å². The van der Waals surface area contributed by atoms with Crippen molar-refractivity contribution in [3.05, 3.63) is 12.2 Å². The first-order valence-electron chi connectivity index (χ1n) is 15.2. The molecule has 8 unspecified atom stereocenters. The van der Waals surface area contributed by atoms with E-state index in [4.69, 9.17) is 0 Å². The monoisotopic (exact) mass is 511 g/mol. The van der Waals surface area contributed by atoms with Crippen LogP contribution >= 0.6 is 0 Å². The zero-order valence-corrected chi connectivity index (χ0v) is 23.7. The van der Waals surface area contributed by atoms with Crippen LogP contribution in [0.1, 0.15) is 175 Å². The third-order valence-corrected chi connectivity index (χ3v) is 9.70. The molecule has 0 spiro atoms. The van der Waals surface area contributed by atoms with Crippen LogP contribution in [-0.4, -0.2) is 0 Å². The van der Waals surface area contributed by atoms with Gasteiger partial charge in [-0.25, -0.2) is 0 Å². The summed E-state index contributed by atoms with van der Waals surface area (Å²) in [5.41, 5.74) is 0. The molecule has 0 nitrogen and oxygen atoms in total. The Balaban J connectivity index is -0.000000256. The zero-order chi connectivity index (χ0) is 23.9. The summed E-state index contributed by atoms with van der Waals surface area (Å²) in [7, 11) is 0. The fraction of sp³-hybridized carbons (Fsp3) is 0.944. The van der Waals surface area contributed by atoms with Crippen molar-refractivity contribution in [3.63, 3.8) is 0 Å². The number of allylic oxidation sites excluding steroid dienone is 2. The summed E-state index contributed by atoms with van der Waals surface area (Å²) in [6.45, 7) is 19.1. The normalized spacial score (nSPS) is 30.9. The number of hydrogen-bond donors (Lipinski definition) is 0. The molecule has 0 bridgehead atoms. The molecule has 2 rings (SSSR count). The maximum atomic E-state index is 2.54. The summed E-state index contributed by atoms with van der Waals surface area (Å²) in [5.74, 6) is 7.62. The number of unbranched alkanes of at least 4 members (excludes halogenated alkanes) is 4. The summed E-state index contributed by atoms with van der Waals surface area (Å²) >= 11 is 0. The first kappa shape index (κ1) is 42.8. The van der Waals surface area contributed by atoms with E-state index in [-0.39, 0.29) is 29.7 Å². The molecule has 8 atom stereocenters. The van der Waals surface area contributed by atoms with Crippen molar-refractivity contribution < 1.29 is 0 Å². The van der Waals surface area contributed by atoms with E-state index < -0.39 is 0 Å². The lowest BCUT2D eigenvalue weighted by molar-refractivity contribution is 0.0881. The van der Waals surface area contributed by atoms with Crippen molar-refractivity contribution in [3.8, 4) is 0 Å². The van der Waals surface area contributed by atoms with Gasteiger partial charge in [0.15, 0.2) is 0 Å². The minimum Gasteiger partial charge on any atom is -0.0849 e. The maximum absolute atomic E-state index is 2.54. The van der Waals surface area contributed by atoms with Gasteiger partial charge in [0, 0.05) is 0 Å². The fourth-order valence-electron chi connectivity index (χ4n) is 7.41. The lowest BCUT2D eigenvalue weighted by Gasteiger charge is -2.41. The van der Waals surface area contributed by atoms with E-state index in [1.54, 1.807) is 0 Å². The van der Waals surface area contributed by atoms with Crippen LogP contribution in [0.3, 0.4) is 0 Å². The van der Waals surface area contributed by atoms with Crippen molar-refractivity contribution in [1.29, 1.82) is 0 Å². The van der Waals surface area contributed by atoms with Crippen LogP contribution in [0.2, 0.25) is 0 Å². The predicted molar refractivity (Wildman–Crippen MR) is 174 cm³/mol. The third-order valence-electron chi connectivity index (χ3n) is 9.70. The van der Waals surface area contributed by atoms with E-state index >= 15 is 0 Å². The van der Waals surface area contributed by atoms with E-state index in [1.165, 1.54) is 89.9 Å². The lowest BCUT2D eigenvalue weighted by atomic mass is 9.64. The Hall–Kier alpha value is -0.260. The second-order valence-corrected chi connectivity index (χ2v) is 11.5. The van der Waals surface area contributed by atoms with Crippen molar-refractivity contribution in [2.45, 2.75) is 175 Å². The molecule has 2 aliphatic rings. The average molecular weight is 511 g/mol. The Bertz CT molecular complexity index is 461. The summed E-state index contributed by atoms with van der Waals surface area (Å²) in [4.78, 5) is 0. The predicted octanol–water partition coefficient (Wildman–Crippen LogP) is 13.7. The van der Waals surface area contributed by atoms with Gasteiger partial charge in [0.2, 0.25) is 0 Å². The first-order chi connectivity index (χ1) is 15.5. The van der Waals surface area contributed by atoms with E-state index in [0.717, 1.165) is 47.3 Å². The Kier molecular flexibility index (Phi) is 29.8. The van der Waals surface area contributed by atoms with Gasteiger partial charge in [0.1, 0.15) is 0 Å². The highest BCUT2D eigenvalue weighted by Crippen LogP contribution is 2.44. The largest absolute Gasteiger partial charge is 0.0849 e. The highest BCUT2D eigenvalue weighted by Gasteiger charge is 2.34. The van der Waals surface area contributed by atoms with Gasteiger partial charge < -0.3 is 0 Å². The minimum absolute atomic E-state index is 0. The van der Waals surface area contributed by atoms with Crippen molar-refractivity contribution in [2.24, 2.45) is 47.3 Å². The molecule has 0 aromatic rings. The zero-order valence-electron chi connectivity index (χ0n) is 23.7. The molecule has 0 N–H and O–H groups in total. The van der Waals surface area contributed by atoms with Crippen molar-refractivity contribution >= 4 is 0 Å². The molecule has 0 aromatic heterocycles. The van der Waals surface area contributed by atoms with Crippen LogP contribution in [-0.2, 0) is 0 Å². The molecule has 0 aromatic carbocycles. The van der Waals surface area contributed by atoms with E-state index in [1.807, 2.05) is 0 Å². The number of rotatable bonds is 12. The summed E-state index contributed by atoms with van der Waals surface area (Å²) in [6, 6.07) is 0. The molecular weight excluding hydrogens is 432 g/mol. The molecule has 0 radical (unpaired) electrons. The quantitative estimate of drug-likeness (QED) is 0.181. The Morgan fingerprint density at radius 1 is 0.500 bits per heavy atom. The maximum Gasteiger partial charge on any atom is -0.0202 e. The lowest BCUT2D eigenvalue weighted by Crippen LogP contribution is -2.32. The Morgan fingerprint density at radius 2 is 1.00 bits per heavy atom. The Morgan fingerprint density at radius 3 is 1.47 bits per heavy atom. The van der Waals surface area contributed by atoms with Gasteiger partial charge in [0.05, 0.1) is 0 Å². The van der Waals surface area contributed by atoms with Crippen LogP contribution in [0.25, 0.3) is 0 Å². The van der Waals surface area contributed by atoms with Gasteiger partial charge in [-0.3, -0.25) is 0 Å². The molecule has 1 saturated carbocycles.